The number of thioether (sulfide) groups is 1. The van der Waals surface area contributed by atoms with Gasteiger partial charge in [-0.15, -0.1) is 11.8 Å². The zero-order valence-electron chi connectivity index (χ0n) is 8.66. The standard InChI is InChI=1S/C10H19NO2S/c1-8(4-5-12)7-11-10(13)9-3-2-6-14-9/h8-9,12H,2-7H2,1H3,(H,11,13). The predicted molar refractivity (Wildman–Crippen MR) is 59.4 cm³/mol. The molecule has 0 aliphatic carbocycles. The van der Waals surface area contributed by atoms with E-state index in [1.165, 1.54) is 0 Å². The van der Waals surface area contributed by atoms with Crippen LogP contribution in [0.4, 0.5) is 0 Å². The van der Waals surface area contributed by atoms with Crippen LogP contribution in [0, 0.1) is 5.92 Å². The van der Waals surface area contributed by atoms with Crippen LogP contribution in [-0.2, 0) is 4.79 Å². The molecule has 1 aliphatic heterocycles. The van der Waals surface area contributed by atoms with Crippen molar-refractivity contribution >= 4 is 17.7 Å². The molecule has 0 aromatic rings. The van der Waals surface area contributed by atoms with E-state index in [-0.39, 0.29) is 17.8 Å². The van der Waals surface area contributed by atoms with Crippen molar-refractivity contribution in [2.24, 2.45) is 5.92 Å². The number of carbonyl (C=O) groups is 1. The van der Waals surface area contributed by atoms with Crippen LogP contribution < -0.4 is 5.32 Å². The molecule has 0 aromatic heterocycles. The Morgan fingerprint density at radius 1 is 1.71 bits per heavy atom. The maximum absolute atomic E-state index is 11.6. The molecule has 1 heterocycles. The van der Waals surface area contributed by atoms with E-state index in [1.807, 2.05) is 6.92 Å². The summed E-state index contributed by atoms with van der Waals surface area (Å²) in [6.45, 7) is 2.93. The zero-order valence-corrected chi connectivity index (χ0v) is 9.48. The Hall–Kier alpha value is -0.220. The minimum Gasteiger partial charge on any atom is -0.396 e. The first kappa shape index (κ1) is 11.9. The molecule has 82 valence electrons. The lowest BCUT2D eigenvalue weighted by Gasteiger charge is -2.13. The molecule has 1 amide bonds. The molecule has 0 spiro atoms. The minimum absolute atomic E-state index is 0.177. The highest BCUT2D eigenvalue weighted by Crippen LogP contribution is 2.25. The summed E-state index contributed by atoms with van der Waals surface area (Å²) in [4.78, 5) is 11.6. The minimum atomic E-state index is 0.177. The van der Waals surface area contributed by atoms with Gasteiger partial charge in [0.05, 0.1) is 5.25 Å². The predicted octanol–water partition coefficient (Wildman–Crippen LogP) is 1.02. The van der Waals surface area contributed by atoms with E-state index in [4.69, 9.17) is 5.11 Å². The van der Waals surface area contributed by atoms with E-state index in [1.54, 1.807) is 11.8 Å². The molecule has 0 radical (unpaired) electrons. The van der Waals surface area contributed by atoms with Gasteiger partial charge in [-0.25, -0.2) is 0 Å². The van der Waals surface area contributed by atoms with Crippen LogP contribution in [0.25, 0.3) is 0 Å². The zero-order chi connectivity index (χ0) is 10.4. The summed E-state index contributed by atoms with van der Waals surface area (Å²) >= 11 is 1.75. The van der Waals surface area contributed by atoms with Gasteiger partial charge in [-0.2, -0.15) is 0 Å². The van der Waals surface area contributed by atoms with Crippen LogP contribution >= 0.6 is 11.8 Å². The SMILES string of the molecule is CC(CCO)CNC(=O)C1CCCS1. The third-order valence-electron chi connectivity index (χ3n) is 2.47. The second-order valence-corrected chi connectivity index (χ2v) is 5.17. The third-order valence-corrected chi connectivity index (χ3v) is 3.85. The van der Waals surface area contributed by atoms with Gasteiger partial charge in [0.1, 0.15) is 0 Å². The number of aliphatic hydroxyl groups excluding tert-OH is 1. The van der Waals surface area contributed by atoms with E-state index in [9.17, 15) is 4.79 Å². The molecule has 2 unspecified atom stereocenters. The number of hydrogen-bond donors (Lipinski definition) is 2. The fourth-order valence-electron chi connectivity index (χ4n) is 1.50. The molecular weight excluding hydrogens is 198 g/mol. The van der Waals surface area contributed by atoms with Crippen molar-refractivity contribution in [3.8, 4) is 0 Å². The first-order chi connectivity index (χ1) is 6.74. The average Bonchev–Trinajstić information content (AvgIpc) is 2.67. The van der Waals surface area contributed by atoms with Crippen molar-refractivity contribution in [3.63, 3.8) is 0 Å². The molecule has 4 heteroatoms. The highest BCUT2D eigenvalue weighted by molar-refractivity contribution is 8.00. The Kier molecular flexibility index (Phi) is 5.33. The second kappa shape index (κ2) is 6.30. The van der Waals surface area contributed by atoms with Crippen molar-refractivity contribution in [1.29, 1.82) is 0 Å². The fourth-order valence-corrected chi connectivity index (χ4v) is 2.68. The van der Waals surface area contributed by atoms with Gasteiger partial charge < -0.3 is 10.4 Å². The molecule has 1 aliphatic rings. The Balaban J connectivity index is 2.13. The maximum atomic E-state index is 11.6. The van der Waals surface area contributed by atoms with E-state index in [0.717, 1.165) is 25.0 Å². The molecule has 0 saturated carbocycles. The van der Waals surface area contributed by atoms with Gasteiger partial charge in [0.25, 0.3) is 0 Å². The van der Waals surface area contributed by atoms with Crippen LogP contribution in [0.1, 0.15) is 26.2 Å². The average molecular weight is 217 g/mol. The molecule has 1 saturated heterocycles. The number of carbonyl (C=O) groups excluding carboxylic acids is 1. The topological polar surface area (TPSA) is 49.3 Å². The van der Waals surface area contributed by atoms with Crippen LogP contribution in [0.3, 0.4) is 0 Å². The molecule has 2 N–H and O–H groups in total. The summed E-state index contributed by atoms with van der Waals surface area (Å²) in [5.41, 5.74) is 0. The summed E-state index contributed by atoms with van der Waals surface area (Å²) in [6, 6.07) is 0. The van der Waals surface area contributed by atoms with Crippen LogP contribution in [0.2, 0.25) is 0 Å². The fraction of sp³-hybridized carbons (Fsp3) is 0.900. The Morgan fingerprint density at radius 3 is 3.07 bits per heavy atom. The van der Waals surface area contributed by atoms with Gasteiger partial charge in [-0.05, 0) is 30.9 Å². The molecule has 0 aromatic carbocycles. The van der Waals surface area contributed by atoms with Gasteiger partial charge in [0.15, 0.2) is 0 Å². The Bertz CT molecular complexity index is 181. The smallest absolute Gasteiger partial charge is 0.233 e. The molecule has 1 fully saturated rings. The third kappa shape index (κ3) is 3.88. The monoisotopic (exact) mass is 217 g/mol. The lowest BCUT2D eigenvalue weighted by Crippen LogP contribution is -2.34. The number of nitrogens with one attached hydrogen (secondary N) is 1. The van der Waals surface area contributed by atoms with Gasteiger partial charge in [-0.3, -0.25) is 4.79 Å². The molecular formula is C10H19NO2S. The molecule has 1 rings (SSSR count). The van der Waals surface area contributed by atoms with Gasteiger partial charge in [0.2, 0.25) is 5.91 Å². The Labute approximate surface area is 89.6 Å². The highest BCUT2D eigenvalue weighted by Gasteiger charge is 2.23. The van der Waals surface area contributed by atoms with E-state index in [2.05, 4.69) is 5.32 Å². The summed E-state index contributed by atoms with van der Waals surface area (Å²) in [6.07, 6.45) is 2.94. The van der Waals surface area contributed by atoms with Gasteiger partial charge in [-0.1, -0.05) is 6.92 Å². The van der Waals surface area contributed by atoms with E-state index < -0.39 is 0 Å². The van der Waals surface area contributed by atoms with Gasteiger partial charge >= 0.3 is 0 Å². The van der Waals surface area contributed by atoms with Gasteiger partial charge in [0, 0.05) is 13.2 Å². The Morgan fingerprint density at radius 2 is 2.50 bits per heavy atom. The lowest BCUT2D eigenvalue weighted by atomic mass is 10.1. The summed E-state index contributed by atoms with van der Waals surface area (Å²) in [5.74, 6) is 1.66. The lowest BCUT2D eigenvalue weighted by molar-refractivity contribution is -0.120. The van der Waals surface area contributed by atoms with Crippen LogP contribution in [-0.4, -0.2) is 35.2 Å². The quantitative estimate of drug-likeness (QED) is 0.723. The van der Waals surface area contributed by atoms with Crippen molar-refractivity contribution in [3.05, 3.63) is 0 Å². The summed E-state index contributed by atoms with van der Waals surface area (Å²) in [7, 11) is 0. The van der Waals surface area contributed by atoms with Crippen LogP contribution in [0.15, 0.2) is 0 Å². The molecule has 2 atom stereocenters. The van der Waals surface area contributed by atoms with Crippen molar-refractivity contribution in [2.75, 3.05) is 18.9 Å². The molecule has 3 nitrogen and oxygen atoms in total. The van der Waals surface area contributed by atoms with Crippen molar-refractivity contribution < 1.29 is 9.90 Å². The number of aliphatic hydroxyl groups is 1. The number of rotatable bonds is 5. The maximum Gasteiger partial charge on any atom is 0.233 e. The first-order valence-electron chi connectivity index (χ1n) is 5.24. The van der Waals surface area contributed by atoms with Crippen LogP contribution in [0.5, 0.6) is 0 Å². The molecule has 14 heavy (non-hydrogen) atoms. The normalized spacial score (nSPS) is 23.4. The van der Waals surface area contributed by atoms with E-state index in [0.29, 0.717) is 12.5 Å². The first-order valence-corrected chi connectivity index (χ1v) is 6.29. The number of hydrogen-bond acceptors (Lipinski definition) is 3. The van der Waals surface area contributed by atoms with E-state index >= 15 is 0 Å². The summed E-state index contributed by atoms with van der Waals surface area (Å²) in [5, 5.41) is 11.8. The van der Waals surface area contributed by atoms with Crippen molar-refractivity contribution in [2.45, 2.75) is 31.4 Å². The highest BCUT2D eigenvalue weighted by atomic mass is 32.2. The number of amides is 1. The largest absolute Gasteiger partial charge is 0.396 e. The van der Waals surface area contributed by atoms with Crippen molar-refractivity contribution in [1.82, 2.24) is 5.32 Å². The second-order valence-electron chi connectivity index (χ2n) is 3.86. The summed E-state index contributed by atoms with van der Waals surface area (Å²) < 4.78 is 0. The molecule has 0 bridgehead atoms.